The Morgan fingerprint density at radius 1 is 1.00 bits per heavy atom. The predicted octanol–water partition coefficient (Wildman–Crippen LogP) is 1.69. The molecule has 0 aliphatic rings. The lowest BCUT2D eigenvalue weighted by molar-refractivity contribution is 0.418. The van der Waals surface area contributed by atoms with Crippen LogP contribution in [0.1, 0.15) is 0 Å². The fourth-order valence-electron chi connectivity index (χ4n) is 2.20. The smallest absolute Gasteiger partial charge is 0.333 e. The van der Waals surface area contributed by atoms with Gasteiger partial charge in [-0.15, -0.1) is 0 Å². The van der Waals surface area contributed by atoms with E-state index in [0.29, 0.717) is 22.3 Å². The van der Waals surface area contributed by atoms with Gasteiger partial charge in [-0.05, 0) is 24.3 Å². The van der Waals surface area contributed by atoms with Crippen molar-refractivity contribution in [2.45, 2.75) is 0 Å². The van der Waals surface area contributed by atoms with E-state index in [0.717, 1.165) is 4.57 Å². The SMILES string of the molecule is COc1cccc2c(=O)n(-c3ccccc3)c(=O)[nH]c12. The molecule has 3 rings (SSSR count). The molecule has 0 unspecified atom stereocenters. The first kappa shape index (κ1) is 12.2. The van der Waals surface area contributed by atoms with E-state index in [2.05, 4.69) is 4.98 Å². The number of para-hydroxylation sites is 2. The van der Waals surface area contributed by atoms with Crippen molar-refractivity contribution in [3.8, 4) is 11.4 Å². The average molecular weight is 268 g/mol. The van der Waals surface area contributed by atoms with E-state index in [9.17, 15) is 9.59 Å². The van der Waals surface area contributed by atoms with Crippen LogP contribution in [0.3, 0.4) is 0 Å². The van der Waals surface area contributed by atoms with Crippen LogP contribution in [0, 0.1) is 0 Å². The first-order chi connectivity index (χ1) is 9.72. The largest absolute Gasteiger partial charge is 0.495 e. The standard InChI is InChI=1S/C15H12N2O3/c1-20-12-9-5-8-11-13(12)16-15(19)17(14(11)18)10-6-3-2-4-7-10/h2-9H,1H3,(H,16,19). The number of fused-ring (bicyclic) bond motifs is 1. The van der Waals surface area contributed by atoms with E-state index in [4.69, 9.17) is 4.74 Å². The number of ether oxygens (including phenoxy) is 1. The van der Waals surface area contributed by atoms with Crippen molar-refractivity contribution in [1.29, 1.82) is 0 Å². The molecule has 0 spiro atoms. The van der Waals surface area contributed by atoms with Gasteiger partial charge in [0.2, 0.25) is 0 Å². The van der Waals surface area contributed by atoms with Gasteiger partial charge >= 0.3 is 5.69 Å². The molecule has 0 saturated heterocycles. The summed E-state index contributed by atoms with van der Waals surface area (Å²) in [5, 5.41) is 0.410. The Kier molecular flexibility index (Phi) is 2.87. The number of hydrogen-bond acceptors (Lipinski definition) is 3. The fraction of sp³-hybridized carbons (Fsp3) is 0.0667. The van der Waals surface area contributed by atoms with Gasteiger partial charge in [0.15, 0.2) is 0 Å². The molecule has 3 aromatic rings. The van der Waals surface area contributed by atoms with Gasteiger partial charge < -0.3 is 9.72 Å². The molecular formula is C15H12N2O3. The highest BCUT2D eigenvalue weighted by Crippen LogP contribution is 2.19. The topological polar surface area (TPSA) is 64.1 Å². The summed E-state index contributed by atoms with van der Waals surface area (Å²) in [5.41, 5.74) is 0.0905. The first-order valence-electron chi connectivity index (χ1n) is 6.10. The molecule has 5 heteroatoms. The van der Waals surface area contributed by atoms with Crippen molar-refractivity contribution in [3.63, 3.8) is 0 Å². The van der Waals surface area contributed by atoms with Crippen LogP contribution in [-0.2, 0) is 0 Å². The molecular weight excluding hydrogens is 256 g/mol. The van der Waals surface area contributed by atoms with Gasteiger partial charge in [0, 0.05) is 0 Å². The summed E-state index contributed by atoms with van der Waals surface area (Å²) < 4.78 is 6.28. The number of aromatic nitrogens is 2. The van der Waals surface area contributed by atoms with E-state index >= 15 is 0 Å². The van der Waals surface area contributed by atoms with E-state index < -0.39 is 5.69 Å². The van der Waals surface area contributed by atoms with E-state index in [-0.39, 0.29) is 5.56 Å². The number of aromatic amines is 1. The van der Waals surface area contributed by atoms with Crippen molar-refractivity contribution >= 4 is 10.9 Å². The van der Waals surface area contributed by atoms with Gasteiger partial charge in [0.25, 0.3) is 5.56 Å². The molecule has 0 aliphatic carbocycles. The van der Waals surface area contributed by atoms with Crippen LogP contribution >= 0.6 is 0 Å². The summed E-state index contributed by atoms with van der Waals surface area (Å²) >= 11 is 0. The van der Waals surface area contributed by atoms with Gasteiger partial charge in [0.1, 0.15) is 5.75 Å². The number of hydrogen-bond donors (Lipinski definition) is 1. The zero-order chi connectivity index (χ0) is 14.1. The monoisotopic (exact) mass is 268 g/mol. The van der Waals surface area contributed by atoms with Gasteiger partial charge in [-0.25, -0.2) is 9.36 Å². The molecule has 1 aromatic heterocycles. The molecule has 5 nitrogen and oxygen atoms in total. The Morgan fingerprint density at radius 2 is 1.75 bits per heavy atom. The van der Waals surface area contributed by atoms with E-state index in [1.807, 2.05) is 6.07 Å². The van der Waals surface area contributed by atoms with Gasteiger partial charge in [0.05, 0.1) is 23.7 Å². The van der Waals surface area contributed by atoms with Crippen LogP contribution in [0.2, 0.25) is 0 Å². The maximum absolute atomic E-state index is 12.5. The number of methoxy groups -OCH3 is 1. The van der Waals surface area contributed by atoms with Crippen LogP contribution < -0.4 is 16.0 Å². The summed E-state index contributed by atoms with van der Waals surface area (Å²) in [4.78, 5) is 27.4. The lowest BCUT2D eigenvalue weighted by atomic mass is 10.2. The second-order valence-electron chi connectivity index (χ2n) is 4.29. The average Bonchev–Trinajstić information content (AvgIpc) is 2.48. The van der Waals surface area contributed by atoms with Crippen LogP contribution in [0.25, 0.3) is 16.6 Å². The van der Waals surface area contributed by atoms with Crippen molar-refractivity contribution in [3.05, 3.63) is 69.4 Å². The van der Waals surface area contributed by atoms with Crippen LogP contribution in [-0.4, -0.2) is 16.7 Å². The minimum Gasteiger partial charge on any atom is -0.495 e. The number of H-pyrrole nitrogens is 1. The van der Waals surface area contributed by atoms with Gasteiger partial charge in [-0.3, -0.25) is 4.79 Å². The molecule has 0 aliphatic heterocycles. The Labute approximate surface area is 114 Å². The summed E-state index contributed by atoms with van der Waals surface area (Å²) in [6, 6.07) is 13.9. The molecule has 2 aromatic carbocycles. The summed E-state index contributed by atoms with van der Waals surface area (Å²) in [5.74, 6) is 0.469. The molecule has 1 N–H and O–H groups in total. The molecule has 0 radical (unpaired) electrons. The fourth-order valence-corrected chi connectivity index (χ4v) is 2.20. The number of nitrogens with one attached hydrogen (secondary N) is 1. The molecule has 0 amide bonds. The zero-order valence-electron chi connectivity index (χ0n) is 10.8. The van der Waals surface area contributed by atoms with E-state index in [1.54, 1.807) is 42.5 Å². The Morgan fingerprint density at radius 3 is 2.45 bits per heavy atom. The quantitative estimate of drug-likeness (QED) is 0.769. The van der Waals surface area contributed by atoms with Crippen molar-refractivity contribution < 1.29 is 4.74 Å². The number of nitrogens with zero attached hydrogens (tertiary/aromatic N) is 1. The van der Waals surface area contributed by atoms with Gasteiger partial charge in [-0.1, -0.05) is 24.3 Å². The predicted molar refractivity (Wildman–Crippen MR) is 76.7 cm³/mol. The minimum absolute atomic E-state index is 0.367. The summed E-state index contributed by atoms with van der Waals surface area (Å²) in [6.07, 6.45) is 0. The lowest BCUT2D eigenvalue weighted by Gasteiger charge is -2.08. The Hall–Kier alpha value is -2.82. The third-order valence-electron chi connectivity index (χ3n) is 3.13. The normalized spacial score (nSPS) is 10.7. The summed E-state index contributed by atoms with van der Waals surface area (Å²) in [6.45, 7) is 0. The number of rotatable bonds is 2. The zero-order valence-corrected chi connectivity index (χ0v) is 10.8. The molecule has 0 saturated carbocycles. The Balaban J connectivity index is 2.43. The Bertz CT molecular complexity index is 879. The molecule has 20 heavy (non-hydrogen) atoms. The van der Waals surface area contributed by atoms with Crippen molar-refractivity contribution in [2.75, 3.05) is 7.11 Å². The third kappa shape index (κ3) is 1.80. The van der Waals surface area contributed by atoms with Gasteiger partial charge in [-0.2, -0.15) is 0 Å². The number of benzene rings is 2. The lowest BCUT2D eigenvalue weighted by Crippen LogP contribution is -2.33. The highest BCUT2D eigenvalue weighted by Gasteiger charge is 2.11. The molecule has 100 valence electrons. The van der Waals surface area contributed by atoms with Crippen LogP contribution in [0.4, 0.5) is 0 Å². The third-order valence-corrected chi connectivity index (χ3v) is 3.13. The van der Waals surface area contributed by atoms with E-state index in [1.165, 1.54) is 7.11 Å². The molecule has 1 heterocycles. The second-order valence-corrected chi connectivity index (χ2v) is 4.29. The minimum atomic E-state index is -0.488. The van der Waals surface area contributed by atoms with Crippen molar-refractivity contribution in [2.24, 2.45) is 0 Å². The second kappa shape index (κ2) is 4.70. The molecule has 0 atom stereocenters. The maximum Gasteiger partial charge on any atom is 0.333 e. The molecule has 0 bridgehead atoms. The van der Waals surface area contributed by atoms with Crippen LogP contribution in [0.5, 0.6) is 5.75 Å². The highest BCUT2D eigenvalue weighted by molar-refractivity contribution is 5.83. The molecule has 0 fully saturated rings. The van der Waals surface area contributed by atoms with Crippen LogP contribution in [0.15, 0.2) is 58.1 Å². The first-order valence-corrected chi connectivity index (χ1v) is 6.10. The van der Waals surface area contributed by atoms with Crippen molar-refractivity contribution in [1.82, 2.24) is 9.55 Å². The maximum atomic E-state index is 12.5. The highest BCUT2D eigenvalue weighted by atomic mass is 16.5. The summed E-state index contributed by atoms with van der Waals surface area (Å²) in [7, 11) is 1.50.